The van der Waals surface area contributed by atoms with Gasteiger partial charge in [-0.3, -0.25) is 0 Å². The summed E-state index contributed by atoms with van der Waals surface area (Å²) < 4.78 is 51.2. The van der Waals surface area contributed by atoms with Gasteiger partial charge in [0.25, 0.3) is 0 Å². The molecule has 1 aromatic carbocycles. The zero-order chi connectivity index (χ0) is 14.6. The SMILES string of the molecule is CNC(CCC(C)C)c1ccc(F)c(C(F)(F)F)c1. The molecule has 0 aliphatic heterocycles. The van der Waals surface area contributed by atoms with E-state index in [9.17, 15) is 17.6 Å². The summed E-state index contributed by atoms with van der Waals surface area (Å²) >= 11 is 0. The Morgan fingerprint density at radius 2 is 1.79 bits per heavy atom. The first kappa shape index (κ1) is 16.0. The molecule has 0 saturated carbocycles. The normalized spacial score (nSPS) is 13.9. The lowest BCUT2D eigenvalue weighted by Gasteiger charge is -2.19. The maximum Gasteiger partial charge on any atom is 0.419 e. The minimum absolute atomic E-state index is 0.191. The molecule has 1 unspecified atom stereocenters. The Bertz CT molecular complexity index is 412. The predicted molar refractivity (Wildman–Crippen MR) is 67.3 cm³/mol. The van der Waals surface area contributed by atoms with Gasteiger partial charge in [-0.1, -0.05) is 19.9 Å². The zero-order valence-electron chi connectivity index (χ0n) is 11.3. The Kier molecular flexibility index (Phi) is 5.35. The van der Waals surface area contributed by atoms with Gasteiger partial charge in [-0.25, -0.2) is 4.39 Å². The summed E-state index contributed by atoms with van der Waals surface area (Å²) in [7, 11) is 1.70. The fraction of sp³-hybridized carbons (Fsp3) is 0.571. The van der Waals surface area contributed by atoms with Gasteiger partial charge in [-0.05, 0) is 43.5 Å². The van der Waals surface area contributed by atoms with Crippen molar-refractivity contribution in [3.63, 3.8) is 0 Å². The quantitative estimate of drug-likeness (QED) is 0.779. The molecule has 0 heterocycles. The van der Waals surface area contributed by atoms with Gasteiger partial charge in [0, 0.05) is 6.04 Å². The fourth-order valence-electron chi connectivity index (χ4n) is 1.95. The molecule has 19 heavy (non-hydrogen) atoms. The Hall–Kier alpha value is -1.10. The zero-order valence-corrected chi connectivity index (χ0v) is 11.3. The molecule has 1 rings (SSSR count). The Balaban J connectivity index is 2.99. The van der Waals surface area contributed by atoms with Gasteiger partial charge in [0.2, 0.25) is 0 Å². The summed E-state index contributed by atoms with van der Waals surface area (Å²) in [5, 5.41) is 2.98. The van der Waals surface area contributed by atoms with Crippen LogP contribution < -0.4 is 5.32 Å². The molecule has 0 aromatic heterocycles. The molecule has 0 saturated heterocycles. The van der Waals surface area contributed by atoms with Crippen LogP contribution in [0.3, 0.4) is 0 Å². The summed E-state index contributed by atoms with van der Waals surface area (Å²) in [6.45, 7) is 4.11. The van der Waals surface area contributed by atoms with E-state index in [2.05, 4.69) is 19.2 Å². The third kappa shape index (κ3) is 4.49. The summed E-state index contributed by atoms with van der Waals surface area (Å²) in [6, 6.07) is 3.00. The molecule has 5 heteroatoms. The molecule has 0 spiro atoms. The van der Waals surface area contributed by atoms with E-state index in [4.69, 9.17) is 0 Å². The molecule has 1 nitrogen and oxygen atoms in total. The number of rotatable bonds is 5. The average molecular weight is 277 g/mol. The highest BCUT2D eigenvalue weighted by Crippen LogP contribution is 2.33. The van der Waals surface area contributed by atoms with Crippen LogP contribution in [0.5, 0.6) is 0 Å². The van der Waals surface area contributed by atoms with Crippen molar-refractivity contribution < 1.29 is 17.6 Å². The number of alkyl halides is 3. The van der Waals surface area contributed by atoms with Crippen molar-refractivity contribution >= 4 is 0 Å². The average Bonchev–Trinajstić information content (AvgIpc) is 2.29. The van der Waals surface area contributed by atoms with Crippen molar-refractivity contribution in [1.82, 2.24) is 5.32 Å². The second-order valence-corrected chi connectivity index (χ2v) is 5.05. The molecule has 0 amide bonds. The van der Waals surface area contributed by atoms with Crippen LogP contribution in [0.4, 0.5) is 17.6 Å². The first-order valence-electron chi connectivity index (χ1n) is 6.29. The van der Waals surface area contributed by atoms with Gasteiger partial charge in [0.1, 0.15) is 5.82 Å². The lowest BCUT2D eigenvalue weighted by atomic mass is 9.96. The lowest BCUT2D eigenvalue weighted by molar-refractivity contribution is -0.140. The molecular weight excluding hydrogens is 258 g/mol. The van der Waals surface area contributed by atoms with Gasteiger partial charge in [-0.2, -0.15) is 13.2 Å². The second-order valence-electron chi connectivity index (χ2n) is 5.05. The minimum atomic E-state index is -4.66. The third-order valence-corrected chi connectivity index (χ3v) is 3.08. The van der Waals surface area contributed by atoms with E-state index in [1.165, 1.54) is 6.07 Å². The second kappa shape index (κ2) is 6.37. The van der Waals surface area contributed by atoms with Crippen molar-refractivity contribution in [2.75, 3.05) is 7.05 Å². The van der Waals surface area contributed by atoms with E-state index in [-0.39, 0.29) is 6.04 Å². The standard InChI is InChI=1S/C14H19F4N/c1-9(2)4-7-13(19-3)10-5-6-12(15)11(8-10)14(16,17)18/h5-6,8-9,13,19H,4,7H2,1-3H3. The molecule has 108 valence electrons. The van der Waals surface area contributed by atoms with Crippen molar-refractivity contribution in [3.05, 3.63) is 35.1 Å². The largest absolute Gasteiger partial charge is 0.419 e. The van der Waals surface area contributed by atoms with Crippen LogP contribution in [0.2, 0.25) is 0 Å². The monoisotopic (exact) mass is 277 g/mol. The molecule has 1 N–H and O–H groups in total. The molecule has 0 bridgehead atoms. The van der Waals surface area contributed by atoms with E-state index in [1.54, 1.807) is 7.05 Å². The lowest BCUT2D eigenvalue weighted by Crippen LogP contribution is -2.18. The molecular formula is C14H19F4N. The molecule has 0 aliphatic rings. The van der Waals surface area contributed by atoms with Crippen LogP contribution >= 0.6 is 0 Å². The highest BCUT2D eigenvalue weighted by molar-refractivity contribution is 5.29. The summed E-state index contributed by atoms with van der Waals surface area (Å²) in [5.74, 6) is -0.756. The van der Waals surface area contributed by atoms with Gasteiger partial charge in [0.15, 0.2) is 0 Å². The summed E-state index contributed by atoms with van der Waals surface area (Å²) in [5.41, 5.74) is -0.730. The first-order valence-corrected chi connectivity index (χ1v) is 6.29. The number of benzene rings is 1. The van der Waals surface area contributed by atoms with E-state index < -0.39 is 17.6 Å². The number of halogens is 4. The maximum absolute atomic E-state index is 13.2. The van der Waals surface area contributed by atoms with Gasteiger partial charge < -0.3 is 5.32 Å². The van der Waals surface area contributed by atoms with Crippen molar-refractivity contribution in [1.29, 1.82) is 0 Å². The van der Waals surface area contributed by atoms with E-state index >= 15 is 0 Å². The van der Waals surface area contributed by atoms with Crippen LogP contribution in [0, 0.1) is 11.7 Å². The minimum Gasteiger partial charge on any atom is -0.313 e. The third-order valence-electron chi connectivity index (χ3n) is 3.08. The highest BCUT2D eigenvalue weighted by atomic mass is 19.4. The van der Waals surface area contributed by atoms with Crippen molar-refractivity contribution in [3.8, 4) is 0 Å². The molecule has 1 aromatic rings. The van der Waals surface area contributed by atoms with Crippen molar-refractivity contribution in [2.24, 2.45) is 5.92 Å². The predicted octanol–water partition coefficient (Wildman–Crippen LogP) is 4.54. The molecule has 0 fully saturated rings. The first-order chi connectivity index (χ1) is 8.75. The van der Waals surface area contributed by atoms with E-state index in [0.29, 0.717) is 11.5 Å². The highest BCUT2D eigenvalue weighted by Gasteiger charge is 2.34. The molecule has 0 aliphatic carbocycles. The Morgan fingerprint density at radius 3 is 2.26 bits per heavy atom. The van der Waals surface area contributed by atoms with E-state index in [1.807, 2.05) is 0 Å². The van der Waals surface area contributed by atoms with Crippen LogP contribution in [0.25, 0.3) is 0 Å². The Morgan fingerprint density at radius 1 is 1.16 bits per heavy atom. The molecule has 0 radical (unpaired) electrons. The maximum atomic E-state index is 13.2. The van der Waals surface area contributed by atoms with Crippen LogP contribution in [-0.4, -0.2) is 7.05 Å². The number of hydrogen-bond acceptors (Lipinski definition) is 1. The van der Waals surface area contributed by atoms with Crippen molar-refractivity contribution in [2.45, 2.75) is 38.9 Å². The number of hydrogen-bond donors (Lipinski definition) is 1. The van der Waals surface area contributed by atoms with Crippen LogP contribution in [0.1, 0.15) is 43.9 Å². The topological polar surface area (TPSA) is 12.0 Å². The van der Waals surface area contributed by atoms with E-state index in [0.717, 1.165) is 25.0 Å². The Labute approximate surface area is 111 Å². The van der Waals surface area contributed by atoms with Gasteiger partial charge >= 0.3 is 6.18 Å². The molecule has 1 atom stereocenters. The number of nitrogens with one attached hydrogen (secondary N) is 1. The summed E-state index contributed by atoms with van der Waals surface area (Å²) in [4.78, 5) is 0. The summed E-state index contributed by atoms with van der Waals surface area (Å²) in [6.07, 6.45) is -3.04. The smallest absolute Gasteiger partial charge is 0.313 e. The van der Waals surface area contributed by atoms with Gasteiger partial charge in [-0.15, -0.1) is 0 Å². The fourth-order valence-corrected chi connectivity index (χ4v) is 1.95. The van der Waals surface area contributed by atoms with Crippen LogP contribution in [-0.2, 0) is 6.18 Å². The van der Waals surface area contributed by atoms with Gasteiger partial charge in [0.05, 0.1) is 5.56 Å². The van der Waals surface area contributed by atoms with Crippen LogP contribution in [0.15, 0.2) is 18.2 Å².